The summed E-state index contributed by atoms with van der Waals surface area (Å²) in [4.78, 5) is 52.1. The summed E-state index contributed by atoms with van der Waals surface area (Å²) < 4.78 is 15.9. The lowest BCUT2D eigenvalue weighted by atomic mass is 9.77. The molecule has 1 aromatic heterocycles. The van der Waals surface area contributed by atoms with Gasteiger partial charge in [0.15, 0.2) is 0 Å². The van der Waals surface area contributed by atoms with E-state index in [2.05, 4.69) is 42.8 Å². The Bertz CT molecular complexity index is 2120. The number of hydrogen-bond acceptors (Lipinski definition) is 12. The van der Waals surface area contributed by atoms with Crippen LogP contribution in [0.5, 0.6) is 5.75 Å². The van der Waals surface area contributed by atoms with Gasteiger partial charge < -0.3 is 24.9 Å². The molecule has 1 saturated heterocycles. The van der Waals surface area contributed by atoms with Crippen molar-refractivity contribution in [3.63, 3.8) is 0 Å². The minimum Gasteiger partial charge on any atom is -0.497 e. The number of hydrogen-bond donors (Lipinski definition) is 2. The molecule has 280 valence electrons. The number of alkyl halides is 1. The van der Waals surface area contributed by atoms with Crippen molar-refractivity contribution in [2.75, 3.05) is 29.7 Å². The maximum absolute atomic E-state index is 13.8. The number of amides is 2. The smallest absolute Gasteiger partial charge is 0.355 e. The van der Waals surface area contributed by atoms with Gasteiger partial charge in [-0.25, -0.2) is 4.79 Å². The van der Waals surface area contributed by atoms with Crippen LogP contribution in [-0.2, 0) is 36.1 Å². The van der Waals surface area contributed by atoms with Crippen LogP contribution in [0.25, 0.3) is 0 Å². The number of carbonyl (C=O) groups is 3. The number of rotatable bonds is 14. The van der Waals surface area contributed by atoms with Crippen molar-refractivity contribution in [3.05, 3.63) is 155 Å². The van der Waals surface area contributed by atoms with Crippen LogP contribution in [-0.4, -0.2) is 73.6 Å². The molecular weight excluding hydrogens is 852 g/mol. The van der Waals surface area contributed by atoms with Crippen molar-refractivity contribution in [2.24, 2.45) is 5.16 Å². The van der Waals surface area contributed by atoms with E-state index in [1.54, 1.807) is 31.4 Å². The quantitative estimate of drug-likeness (QED) is 0.0254. The summed E-state index contributed by atoms with van der Waals surface area (Å²) in [5.74, 6) is -0.536. The topological polar surface area (TPSA) is 144 Å². The molecule has 4 aromatic carbocycles. The number of benzene rings is 4. The number of aromatic nitrogens is 2. The van der Waals surface area contributed by atoms with E-state index in [1.165, 1.54) is 23.8 Å². The number of β-lactam (4-membered cyclic amide) rings is 1. The van der Waals surface area contributed by atoms with Gasteiger partial charge in [0.05, 0.1) is 7.11 Å². The fraction of sp³-hybridized carbons (Fsp3) is 0.200. The zero-order valence-electron chi connectivity index (χ0n) is 29.7. The number of ether oxygens (including phenoxy) is 2. The lowest BCUT2D eigenvalue weighted by Crippen LogP contribution is -2.71. The number of esters is 1. The van der Waals surface area contributed by atoms with Crippen LogP contribution >= 0.6 is 45.9 Å². The molecule has 7 rings (SSSR count). The number of carbonyl (C=O) groups excluding carboxylic acids is 3. The van der Waals surface area contributed by atoms with Crippen LogP contribution in [0.15, 0.2) is 132 Å². The molecule has 2 aliphatic rings. The predicted molar refractivity (Wildman–Crippen MR) is 220 cm³/mol. The molecule has 2 aliphatic heterocycles. The highest BCUT2D eigenvalue weighted by atomic mass is 127. The Hall–Kier alpha value is -5.26. The minimum absolute atomic E-state index is 0.0183. The molecule has 0 unspecified atom stereocenters. The summed E-state index contributed by atoms with van der Waals surface area (Å²) in [5, 5.41) is 10.3. The average Bonchev–Trinajstić information content (AvgIpc) is 3.71. The molecule has 55 heavy (non-hydrogen) atoms. The van der Waals surface area contributed by atoms with Gasteiger partial charge in [0.1, 0.15) is 42.1 Å². The number of methoxy groups -OCH3 is 1. The molecule has 0 bridgehead atoms. The molecule has 0 saturated carbocycles. The fourth-order valence-electron chi connectivity index (χ4n) is 6.51. The third-order valence-electron chi connectivity index (χ3n) is 9.17. The Labute approximate surface area is 339 Å². The second-order valence-corrected chi connectivity index (χ2v) is 15.0. The van der Waals surface area contributed by atoms with Crippen molar-refractivity contribution < 1.29 is 28.7 Å². The van der Waals surface area contributed by atoms with Gasteiger partial charge in [-0.2, -0.15) is 9.36 Å². The number of thioether (sulfide) groups is 1. The Morgan fingerprint density at radius 3 is 2.05 bits per heavy atom. The van der Waals surface area contributed by atoms with Gasteiger partial charge >= 0.3 is 5.97 Å². The Kier molecular flexibility index (Phi) is 11.8. The lowest BCUT2D eigenvalue weighted by Gasteiger charge is -2.49. The Morgan fingerprint density at radius 1 is 0.909 bits per heavy atom. The minimum atomic E-state index is -0.933. The molecule has 5 aromatic rings. The SMILES string of the molecule is CO/N=C(\C(=O)N[C@@H]1C(=O)N2C(C(=O)OCc3ccc(OC)cc3)=C(CI)CS[C@@H]12)c1nsc(NC(c2ccccc2)(c2ccccc2)c2ccccc2)n1. The van der Waals surface area contributed by atoms with Gasteiger partial charge in [0.25, 0.3) is 11.8 Å². The summed E-state index contributed by atoms with van der Waals surface area (Å²) in [5.41, 5.74) is 3.59. The van der Waals surface area contributed by atoms with E-state index in [0.717, 1.165) is 39.4 Å². The van der Waals surface area contributed by atoms with E-state index in [4.69, 9.17) is 19.3 Å². The highest BCUT2D eigenvalue weighted by molar-refractivity contribution is 14.1. The number of halogens is 1. The number of nitrogens with zero attached hydrogens (tertiary/aromatic N) is 4. The van der Waals surface area contributed by atoms with E-state index < -0.39 is 34.7 Å². The zero-order valence-corrected chi connectivity index (χ0v) is 33.5. The van der Waals surface area contributed by atoms with E-state index in [-0.39, 0.29) is 23.8 Å². The lowest BCUT2D eigenvalue weighted by molar-refractivity contribution is -0.153. The summed E-state index contributed by atoms with van der Waals surface area (Å²) in [7, 11) is 2.90. The molecule has 0 spiro atoms. The van der Waals surface area contributed by atoms with Crippen molar-refractivity contribution >= 4 is 74.5 Å². The van der Waals surface area contributed by atoms with Gasteiger partial charge in [-0.15, -0.1) is 11.8 Å². The normalized spacial score (nSPS) is 16.8. The second-order valence-electron chi connectivity index (χ2n) is 12.4. The zero-order chi connectivity index (χ0) is 38.4. The van der Waals surface area contributed by atoms with Crippen molar-refractivity contribution in [2.45, 2.75) is 23.6 Å². The summed E-state index contributed by atoms with van der Waals surface area (Å²) in [6.45, 7) is 0.0261. The molecule has 3 heterocycles. The molecule has 12 nitrogen and oxygen atoms in total. The summed E-state index contributed by atoms with van der Waals surface area (Å²) in [6, 6.07) is 36.3. The van der Waals surface area contributed by atoms with Crippen LogP contribution in [0.2, 0.25) is 0 Å². The first kappa shape index (κ1) is 38.0. The first-order valence-electron chi connectivity index (χ1n) is 17.1. The van der Waals surface area contributed by atoms with E-state index in [9.17, 15) is 14.4 Å². The molecule has 0 aliphatic carbocycles. The van der Waals surface area contributed by atoms with Crippen molar-refractivity contribution in [3.8, 4) is 5.75 Å². The van der Waals surface area contributed by atoms with Crippen LogP contribution in [0.4, 0.5) is 5.13 Å². The molecule has 2 amide bonds. The fourth-order valence-corrected chi connectivity index (χ4v) is 9.48. The van der Waals surface area contributed by atoms with E-state index >= 15 is 0 Å². The Balaban J connectivity index is 1.10. The molecule has 1 fully saturated rings. The number of oxime groups is 1. The third kappa shape index (κ3) is 7.68. The number of anilines is 1. The largest absolute Gasteiger partial charge is 0.497 e. The number of fused-ring (bicyclic) bond motifs is 1. The van der Waals surface area contributed by atoms with Gasteiger partial charge in [-0.1, -0.05) is 131 Å². The predicted octanol–water partition coefficient (Wildman–Crippen LogP) is 6.13. The molecule has 0 radical (unpaired) electrons. The summed E-state index contributed by atoms with van der Waals surface area (Å²) in [6.07, 6.45) is 0. The molecule has 15 heteroatoms. The first-order chi connectivity index (χ1) is 26.9. The highest BCUT2D eigenvalue weighted by Crippen LogP contribution is 2.42. The van der Waals surface area contributed by atoms with Crippen LogP contribution < -0.4 is 15.4 Å². The van der Waals surface area contributed by atoms with Gasteiger partial charge in [-0.05, 0) is 40.0 Å². The third-order valence-corrected chi connectivity index (χ3v) is 12.1. The van der Waals surface area contributed by atoms with Gasteiger partial charge in [0, 0.05) is 21.7 Å². The average molecular weight is 887 g/mol. The monoisotopic (exact) mass is 886 g/mol. The number of nitrogens with one attached hydrogen (secondary N) is 2. The molecular formula is C40H35IN6O6S2. The van der Waals surface area contributed by atoms with Gasteiger partial charge in [-0.3, -0.25) is 14.5 Å². The first-order valence-corrected chi connectivity index (χ1v) is 20.5. The van der Waals surface area contributed by atoms with Crippen LogP contribution in [0, 0.1) is 0 Å². The van der Waals surface area contributed by atoms with Crippen LogP contribution in [0.3, 0.4) is 0 Å². The summed E-state index contributed by atoms with van der Waals surface area (Å²) >= 11 is 4.70. The van der Waals surface area contributed by atoms with E-state index in [1.807, 2.05) is 91.0 Å². The van der Waals surface area contributed by atoms with Crippen molar-refractivity contribution in [1.82, 2.24) is 19.6 Å². The maximum Gasteiger partial charge on any atom is 0.355 e. The van der Waals surface area contributed by atoms with Gasteiger partial charge in [0.2, 0.25) is 16.7 Å². The van der Waals surface area contributed by atoms with E-state index in [0.29, 0.717) is 21.1 Å². The molecule has 2 atom stereocenters. The molecule has 2 N–H and O–H groups in total. The second kappa shape index (κ2) is 17.0. The standard InChI is InChI=1S/C40H35IN6O6S2/c1-51-30-20-18-25(19-21-30)23-53-38(50)33-26(22-41)24-54-37-32(36(49)47(33)37)42-35(48)31(45-52-2)34-43-39(55-46-34)44-40(27-12-6-3-7-13-27,28-14-8-4-9-15-28)29-16-10-5-11-17-29/h3-21,32,37H,22-24H2,1-2H3,(H,42,48)(H,43,44,46)/b45-31-/t32-,37+/m1/s1. The highest BCUT2D eigenvalue weighted by Gasteiger charge is 2.54. The van der Waals surface area contributed by atoms with Crippen molar-refractivity contribution in [1.29, 1.82) is 0 Å². The maximum atomic E-state index is 13.8. The van der Waals surface area contributed by atoms with Crippen LogP contribution in [0.1, 0.15) is 28.1 Å². The Morgan fingerprint density at radius 2 is 1.51 bits per heavy atom.